The zero-order valence-corrected chi connectivity index (χ0v) is 11.2. The van der Waals surface area contributed by atoms with Crippen LogP contribution < -0.4 is 22.1 Å². The number of rotatable bonds is 6. The largest absolute Gasteiger partial charge is 0.397 e. The van der Waals surface area contributed by atoms with Gasteiger partial charge in [-0.3, -0.25) is 9.59 Å². The van der Waals surface area contributed by atoms with Gasteiger partial charge >= 0.3 is 0 Å². The number of primary amides is 1. The van der Waals surface area contributed by atoms with Crippen LogP contribution in [0.3, 0.4) is 0 Å². The summed E-state index contributed by atoms with van der Waals surface area (Å²) in [6, 6.07) is 4.84. The summed E-state index contributed by atoms with van der Waals surface area (Å²) in [5, 5.41) is 5.61. The molecule has 0 saturated heterocycles. The Balaban J connectivity index is 2.67. The average molecular weight is 264 g/mol. The van der Waals surface area contributed by atoms with Gasteiger partial charge in [0.2, 0.25) is 5.91 Å². The molecular formula is C13H20N4O2. The molecule has 6 N–H and O–H groups in total. The van der Waals surface area contributed by atoms with Gasteiger partial charge in [-0.1, -0.05) is 19.9 Å². The first-order valence-corrected chi connectivity index (χ1v) is 6.10. The molecule has 0 atom stereocenters. The molecule has 1 rings (SSSR count). The van der Waals surface area contributed by atoms with Gasteiger partial charge in [0, 0.05) is 6.54 Å². The van der Waals surface area contributed by atoms with Crippen LogP contribution in [0.15, 0.2) is 18.2 Å². The van der Waals surface area contributed by atoms with Gasteiger partial charge in [-0.15, -0.1) is 0 Å². The molecule has 0 saturated carbocycles. The smallest absolute Gasteiger partial charge is 0.250 e. The molecule has 2 amide bonds. The molecule has 0 bridgehead atoms. The predicted molar refractivity (Wildman–Crippen MR) is 75.7 cm³/mol. The summed E-state index contributed by atoms with van der Waals surface area (Å²) in [6.07, 6.45) is 0. The highest BCUT2D eigenvalue weighted by Crippen LogP contribution is 2.22. The van der Waals surface area contributed by atoms with E-state index in [1.54, 1.807) is 18.2 Å². The van der Waals surface area contributed by atoms with Gasteiger partial charge in [0.1, 0.15) is 0 Å². The Kier molecular flexibility index (Phi) is 5.17. The lowest BCUT2D eigenvalue weighted by molar-refractivity contribution is -0.119. The second-order valence-corrected chi connectivity index (χ2v) is 4.69. The fourth-order valence-corrected chi connectivity index (χ4v) is 1.52. The summed E-state index contributed by atoms with van der Waals surface area (Å²) < 4.78 is 0. The Morgan fingerprint density at radius 3 is 2.58 bits per heavy atom. The topological polar surface area (TPSA) is 110 Å². The van der Waals surface area contributed by atoms with E-state index in [0.29, 0.717) is 23.8 Å². The highest BCUT2D eigenvalue weighted by atomic mass is 16.2. The molecule has 6 nitrogen and oxygen atoms in total. The minimum atomic E-state index is -0.586. The summed E-state index contributed by atoms with van der Waals surface area (Å²) >= 11 is 0. The van der Waals surface area contributed by atoms with E-state index < -0.39 is 5.91 Å². The molecule has 0 radical (unpaired) electrons. The van der Waals surface area contributed by atoms with Crippen LogP contribution in [0.1, 0.15) is 24.2 Å². The average Bonchev–Trinajstić information content (AvgIpc) is 2.34. The van der Waals surface area contributed by atoms with Gasteiger partial charge in [-0.2, -0.15) is 0 Å². The van der Waals surface area contributed by atoms with Crippen molar-refractivity contribution in [2.75, 3.05) is 24.1 Å². The van der Waals surface area contributed by atoms with E-state index in [1.807, 2.05) is 13.8 Å². The Bertz CT molecular complexity index is 472. The SMILES string of the molecule is CC(C)CNC(=O)CNc1c(N)cccc1C(N)=O. The highest BCUT2D eigenvalue weighted by Gasteiger charge is 2.11. The maximum absolute atomic E-state index is 11.6. The van der Waals surface area contributed by atoms with Gasteiger partial charge in [0.05, 0.1) is 23.5 Å². The number of benzene rings is 1. The van der Waals surface area contributed by atoms with E-state index in [-0.39, 0.29) is 18.0 Å². The van der Waals surface area contributed by atoms with Crippen molar-refractivity contribution in [2.45, 2.75) is 13.8 Å². The lowest BCUT2D eigenvalue weighted by Gasteiger charge is -2.13. The summed E-state index contributed by atoms with van der Waals surface area (Å²) in [5.41, 5.74) is 12.1. The maximum Gasteiger partial charge on any atom is 0.250 e. The van der Waals surface area contributed by atoms with Crippen molar-refractivity contribution < 1.29 is 9.59 Å². The molecule has 19 heavy (non-hydrogen) atoms. The van der Waals surface area contributed by atoms with Crippen molar-refractivity contribution >= 4 is 23.2 Å². The number of nitrogens with two attached hydrogens (primary N) is 2. The lowest BCUT2D eigenvalue weighted by atomic mass is 10.1. The van der Waals surface area contributed by atoms with Crippen LogP contribution >= 0.6 is 0 Å². The molecule has 0 aliphatic rings. The molecule has 0 unspecified atom stereocenters. The standard InChI is InChI=1S/C13H20N4O2/c1-8(2)6-16-11(18)7-17-12-9(13(15)19)4-3-5-10(12)14/h3-5,8,17H,6-7,14H2,1-2H3,(H2,15,19)(H,16,18). The second kappa shape index (κ2) is 6.63. The molecule has 104 valence electrons. The van der Waals surface area contributed by atoms with Crippen LogP contribution in [0.5, 0.6) is 0 Å². The molecule has 1 aromatic rings. The maximum atomic E-state index is 11.6. The normalized spacial score (nSPS) is 10.3. The van der Waals surface area contributed by atoms with E-state index in [1.165, 1.54) is 0 Å². The number of amides is 2. The van der Waals surface area contributed by atoms with Gasteiger partial charge < -0.3 is 22.1 Å². The van der Waals surface area contributed by atoms with E-state index in [2.05, 4.69) is 10.6 Å². The fourth-order valence-electron chi connectivity index (χ4n) is 1.52. The Morgan fingerprint density at radius 1 is 1.32 bits per heavy atom. The first-order valence-electron chi connectivity index (χ1n) is 6.10. The number of carbonyl (C=O) groups is 2. The van der Waals surface area contributed by atoms with Gasteiger partial charge in [-0.05, 0) is 18.1 Å². The lowest BCUT2D eigenvalue weighted by Crippen LogP contribution is -2.33. The number of carbonyl (C=O) groups excluding carboxylic acids is 2. The molecule has 0 spiro atoms. The number of nitrogens with one attached hydrogen (secondary N) is 2. The van der Waals surface area contributed by atoms with Crippen molar-refractivity contribution in [3.8, 4) is 0 Å². The molecule has 0 aromatic heterocycles. The molecule has 6 heteroatoms. The molecule has 0 heterocycles. The minimum absolute atomic E-state index is 0.0429. The van der Waals surface area contributed by atoms with Crippen LogP contribution in [0.2, 0.25) is 0 Å². The number of hydrogen-bond donors (Lipinski definition) is 4. The van der Waals surface area contributed by atoms with Crippen LogP contribution in [0, 0.1) is 5.92 Å². The number of hydrogen-bond acceptors (Lipinski definition) is 4. The number of nitrogen functional groups attached to an aromatic ring is 1. The van der Waals surface area contributed by atoms with Crippen LogP contribution in [-0.2, 0) is 4.79 Å². The zero-order valence-electron chi connectivity index (χ0n) is 11.2. The minimum Gasteiger partial charge on any atom is -0.397 e. The molecule has 0 aliphatic carbocycles. The predicted octanol–water partition coefficient (Wildman–Crippen LogP) is 0.552. The van der Waals surface area contributed by atoms with Crippen LogP contribution in [0.4, 0.5) is 11.4 Å². The monoisotopic (exact) mass is 264 g/mol. The van der Waals surface area contributed by atoms with Crippen molar-refractivity contribution in [3.05, 3.63) is 23.8 Å². The van der Waals surface area contributed by atoms with E-state index >= 15 is 0 Å². The fraction of sp³-hybridized carbons (Fsp3) is 0.385. The highest BCUT2D eigenvalue weighted by molar-refractivity contribution is 6.01. The summed E-state index contributed by atoms with van der Waals surface area (Å²) in [5.74, 6) is -0.364. The summed E-state index contributed by atoms with van der Waals surface area (Å²) in [6.45, 7) is 4.66. The van der Waals surface area contributed by atoms with Crippen molar-refractivity contribution in [1.82, 2.24) is 5.32 Å². The first-order chi connectivity index (χ1) is 8.91. The van der Waals surface area contributed by atoms with Crippen molar-refractivity contribution in [2.24, 2.45) is 11.7 Å². The number of anilines is 2. The van der Waals surface area contributed by atoms with Crippen molar-refractivity contribution in [3.63, 3.8) is 0 Å². The first kappa shape index (κ1) is 14.8. The number of para-hydroxylation sites is 1. The van der Waals surface area contributed by atoms with Gasteiger partial charge in [-0.25, -0.2) is 0 Å². The molecular weight excluding hydrogens is 244 g/mol. The summed E-state index contributed by atoms with van der Waals surface area (Å²) in [7, 11) is 0. The van der Waals surface area contributed by atoms with Gasteiger partial charge in [0.15, 0.2) is 0 Å². The third-order valence-electron chi connectivity index (χ3n) is 2.50. The van der Waals surface area contributed by atoms with E-state index in [0.717, 1.165) is 0 Å². The van der Waals surface area contributed by atoms with Crippen molar-refractivity contribution in [1.29, 1.82) is 0 Å². The Labute approximate surface area is 112 Å². The quantitative estimate of drug-likeness (QED) is 0.562. The van der Waals surface area contributed by atoms with Crippen LogP contribution in [-0.4, -0.2) is 24.9 Å². The van der Waals surface area contributed by atoms with Gasteiger partial charge in [0.25, 0.3) is 5.91 Å². The second-order valence-electron chi connectivity index (χ2n) is 4.69. The summed E-state index contributed by atoms with van der Waals surface area (Å²) in [4.78, 5) is 22.8. The third-order valence-corrected chi connectivity index (χ3v) is 2.50. The molecule has 0 aliphatic heterocycles. The van der Waals surface area contributed by atoms with E-state index in [4.69, 9.17) is 11.5 Å². The molecule has 1 aromatic carbocycles. The Hall–Kier alpha value is -2.24. The Morgan fingerprint density at radius 2 is 2.00 bits per heavy atom. The van der Waals surface area contributed by atoms with Crippen LogP contribution in [0.25, 0.3) is 0 Å². The third kappa shape index (κ3) is 4.50. The zero-order chi connectivity index (χ0) is 14.4. The van der Waals surface area contributed by atoms with E-state index in [9.17, 15) is 9.59 Å². The molecule has 0 fully saturated rings.